The molecule has 2 aromatic carbocycles. The first-order valence-corrected chi connectivity index (χ1v) is 8.80. The minimum atomic E-state index is -1.24. The molecule has 0 saturated heterocycles. The highest BCUT2D eigenvalue weighted by atomic mass is 35.5. The van der Waals surface area contributed by atoms with Crippen LogP contribution in [0.5, 0.6) is 5.75 Å². The summed E-state index contributed by atoms with van der Waals surface area (Å²) < 4.78 is 0. The molecule has 1 amide bonds. The maximum atomic E-state index is 13.0. The van der Waals surface area contributed by atoms with E-state index in [4.69, 9.17) is 16.7 Å². The summed E-state index contributed by atoms with van der Waals surface area (Å²) in [6.45, 7) is 0. The maximum absolute atomic E-state index is 13.0. The van der Waals surface area contributed by atoms with Crippen molar-refractivity contribution in [2.75, 3.05) is 5.32 Å². The number of hydrogen-bond acceptors (Lipinski definition) is 4. The zero-order valence-corrected chi connectivity index (χ0v) is 14.9. The van der Waals surface area contributed by atoms with Gasteiger partial charge in [-0.1, -0.05) is 11.6 Å². The number of phenols is 1. The van der Waals surface area contributed by atoms with Gasteiger partial charge in [0.25, 0.3) is 5.91 Å². The fourth-order valence-corrected chi connectivity index (χ4v) is 3.65. The van der Waals surface area contributed by atoms with E-state index >= 15 is 0 Å². The average molecular weight is 383 g/mol. The number of amides is 1. The number of pyridine rings is 1. The fraction of sp³-hybridized carbons (Fsp3) is 0.150. The molecule has 1 aromatic heterocycles. The predicted molar refractivity (Wildman–Crippen MR) is 102 cm³/mol. The summed E-state index contributed by atoms with van der Waals surface area (Å²) >= 11 is 6.13. The molecule has 0 spiro atoms. The number of aryl methyl sites for hydroxylation is 1. The molecule has 0 atom stereocenters. The van der Waals surface area contributed by atoms with Gasteiger partial charge in [-0.3, -0.25) is 9.78 Å². The first-order chi connectivity index (χ1) is 12.9. The van der Waals surface area contributed by atoms with E-state index in [1.807, 2.05) is 0 Å². The summed E-state index contributed by atoms with van der Waals surface area (Å²) in [6, 6.07) is 9.17. The average Bonchev–Trinajstić information content (AvgIpc) is 3.07. The van der Waals surface area contributed by atoms with Gasteiger partial charge in [0.2, 0.25) is 0 Å². The standard InChI is InChI=1S/C20H15ClN2O4/c21-10-4-7-16-14(8-10)18(12-2-1-3-15(12)23-16)19(25)22-11-5-6-13(20(26)27)17(24)9-11/h4-9,24H,1-3H2,(H,22,25)(H,26,27). The van der Waals surface area contributed by atoms with Gasteiger partial charge in [0.15, 0.2) is 0 Å². The normalized spacial score (nSPS) is 12.8. The summed E-state index contributed by atoms with van der Waals surface area (Å²) in [7, 11) is 0. The monoisotopic (exact) mass is 382 g/mol. The van der Waals surface area contributed by atoms with Crippen LogP contribution >= 0.6 is 11.6 Å². The molecule has 1 aliphatic rings. The molecular formula is C20H15ClN2O4. The minimum absolute atomic E-state index is 0.227. The van der Waals surface area contributed by atoms with E-state index in [9.17, 15) is 14.7 Å². The Morgan fingerprint density at radius 1 is 1.11 bits per heavy atom. The fourth-order valence-electron chi connectivity index (χ4n) is 3.48. The van der Waals surface area contributed by atoms with E-state index in [1.54, 1.807) is 18.2 Å². The Hall–Kier alpha value is -3.12. The van der Waals surface area contributed by atoms with Crippen LogP contribution in [0.1, 0.15) is 38.4 Å². The summed E-state index contributed by atoms with van der Waals surface area (Å²) in [5.41, 5.74) is 3.13. The van der Waals surface area contributed by atoms with Crippen molar-refractivity contribution in [1.29, 1.82) is 0 Å². The van der Waals surface area contributed by atoms with Crippen molar-refractivity contribution < 1.29 is 19.8 Å². The number of carbonyl (C=O) groups is 2. The summed E-state index contributed by atoms with van der Waals surface area (Å²) in [6.07, 6.45) is 2.51. The van der Waals surface area contributed by atoms with Crippen molar-refractivity contribution >= 4 is 40.1 Å². The molecule has 4 rings (SSSR count). The van der Waals surface area contributed by atoms with Gasteiger partial charge in [0.1, 0.15) is 11.3 Å². The number of carboxylic acids is 1. The van der Waals surface area contributed by atoms with Crippen LogP contribution in [0.3, 0.4) is 0 Å². The zero-order chi connectivity index (χ0) is 19.1. The third-order valence-electron chi connectivity index (χ3n) is 4.69. The molecule has 7 heteroatoms. The Bertz CT molecular complexity index is 1110. The van der Waals surface area contributed by atoms with Gasteiger partial charge in [0, 0.05) is 27.9 Å². The van der Waals surface area contributed by atoms with Crippen molar-refractivity contribution in [3.8, 4) is 5.75 Å². The number of aromatic nitrogens is 1. The van der Waals surface area contributed by atoms with Crippen molar-refractivity contribution in [2.24, 2.45) is 0 Å². The number of hydrogen-bond donors (Lipinski definition) is 3. The van der Waals surface area contributed by atoms with Crippen LogP contribution in [0.4, 0.5) is 5.69 Å². The van der Waals surface area contributed by atoms with Crippen molar-refractivity contribution in [3.63, 3.8) is 0 Å². The Morgan fingerprint density at radius 3 is 2.67 bits per heavy atom. The molecule has 0 radical (unpaired) electrons. The summed E-state index contributed by atoms with van der Waals surface area (Å²) in [5.74, 6) is -1.99. The number of benzene rings is 2. The van der Waals surface area contributed by atoms with Gasteiger partial charge in [-0.2, -0.15) is 0 Å². The third kappa shape index (κ3) is 3.08. The lowest BCUT2D eigenvalue weighted by molar-refractivity contribution is 0.0693. The second-order valence-electron chi connectivity index (χ2n) is 6.42. The van der Waals surface area contributed by atoms with Crippen LogP contribution in [-0.2, 0) is 12.8 Å². The van der Waals surface area contributed by atoms with Crippen molar-refractivity contribution in [2.45, 2.75) is 19.3 Å². The second-order valence-corrected chi connectivity index (χ2v) is 6.85. The molecule has 0 unspecified atom stereocenters. The topological polar surface area (TPSA) is 99.5 Å². The largest absolute Gasteiger partial charge is 0.507 e. The van der Waals surface area contributed by atoms with Crippen LogP contribution in [0, 0.1) is 0 Å². The van der Waals surface area contributed by atoms with E-state index in [2.05, 4.69) is 10.3 Å². The van der Waals surface area contributed by atoms with E-state index in [0.717, 1.165) is 30.5 Å². The number of carboxylic acid groups (broad SMARTS) is 1. The number of nitrogens with zero attached hydrogens (tertiary/aromatic N) is 1. The smallest absolute Gasteiger partial charge is 0.339 e. The Balaban J connectivity index is 1.78. The molecule has 0 bridgehead atoms. The lowest BCUT2D eigenvalue weighted by Crippen LogP contribution is -2.16. The highest BCUT2D eigenvalue weighted by molar-refractivity contribution is 6.31. The molecule has 0 fully saturated rings. The Kier molecular flexibility index (Phi) is 4.20. The second kappa shape index (κ2) is 6.55. The number of carbonyl (C=O) groups excluding carboxylic acids is 1. The highest BCUT2D eigenvalue weighted by Gasteiger charge is 2.24. The van der Waals surface area contributed by atoms with E-state index in [-0.39, 0.29) is 11.5 Å². The number of aromatic carboxylic acids is 1. The maximum Gasteiger partial charge on any atom is 0.339 e. The summed E-state index contributed by atoms with van der Waals surface area (Å²) in [4.78, 5) is 28.7. The van der Waals surface area contributed by atoms with Gasteiger partial charge in [0.05, 0.1) is 11.1 Å². The van der Waals surface area contributed by atoms with Crippen LogP contribution in [-0.4, -0.2) is 27.1 Å². The van der Waals surface area contributed by atoms with Gasteiger partial charge >= 0.3 is 5.97 Å². The number of halogens is 1. The first kappa shape index (κ1) is 17.3. The number of fused-ring (bicyclic) bond motifs is 2. The third-order valence-corrected chi connectivity index (χ3v) is 4.92. The van der Waals surface area contributed by atoms with E-state index in [1.165, 1.54) is 18.2 Å². The first-order valence-electron chi connectivity index (χ1n) is 8.42. The quantitative estimate of drug-likeness (QED) is 0.635. The van der Waals surface area contributed by atoms with Crippen LogP contribution in [0.2, 0.25) is 5.02 Å². The Morgan fingerprint density at radius 2 is 1.93 bits per heavy atom. The van der Waals surface area contributed by atoms with Crippen LogP contribution < -0.4 is 5.32 Å². The molecule has 3 aromatic rings. The minimum Gasteiger partial charge on any atom is -0.507 e. The Labute approximate surface area is 159 Å². The molecule has 3 N–H and O–H groups in total. The highest BCUT2D eigenvalue weighted by Crippen LogP contribution is 2.32. The van der Waals surface area contributed by atoms with Gasteiger partial charge in [-0.25, -0.2) is 4.79 Å². The molecule has 0 saturated carbocycles. The zero-order valence-electron chi connectivity index (χ0n) is 14.1. The molecule has 0 aliphatic heterocycles. The molecular weight excluding hydrogens is 368 g/mol. The number of rotatable bonds is 3. The molecule has 1 aliphatic carbocycles. The van der Waals surface area contributed by atoms with Crippen molar-refractivity contribution in [3.05, 3.63) is 63.8 Å². The molecule has 136 valence electrons. The molecule has 1 heterocycles. The molecule has 6 nitrogen and oxygen atoms in total. The number of aromatic hydroxyl groups is 1. The van der Waals surface area contributed by atoms with Gasteiger partial charge in [-0.05, 0) is 55.2 Å². The van der Waals surface area contributed by atoms with Crippen LogP contribution in [0.25, 0.3) is 10.9 Å². The van der Waals surface area contributed by atoms with Crippen molar-refractivity contribution in [1.82, 2.24) is 4.98 Å². The van der Waals surface area contributed by atoms with E-state index < -0.39 is 11.7 Å². The predicted octanol–water partition coefficient (Wildman–Crippen LogP) is 4.03. The van der Waals surface area contributed by atoms with Crippen LogP contribution in [0.15, 0.2) is 36.4 Å². The van der Waals surface area contributed by atoms with Gasteiger partial charge < -0.3 is 15.5 Å². The lowest BCUT2D eigenvalue weighted by Gasteiger charge is -2.13. The summed E-state index contributed by atoms with van der Waals surface area (Å²) in [5, 5.41) is 22.8. The van der Waals surface area contributed by atoms with Gasteiger partial charge in [-0.15, -0.1) is 0 Å². The number of anilines is 1. The van der Waals surface area contributed by atoms with E-state index in [0.29, 0.717) is 27.2 Å². The number of nitrogens with one attached hydrogen (secondary N) is 1. The lowest BCUT2D eigenvalue weighted by atomic mass is 10.0. The molecule has 27 heavy (non-hydrogen) atoms. The SMILES string of the molecule is O=C(O)c1ccc(NC(=O)c2c3c(nc4ccc(Cl)cc24)CCC3)cc1O.